The van der Waals surface area contributed by atoms with Crippen molar-refractivity contribution < 1.29 is 42.2 Å². The van der Waals surface area contributed by atoms with Crippen molar-refractivity contribution in [2.45, 2.75) is 6.42 Å². The summed E-state index contributed by atoms with van der Waals surface area (Å²) in [6.45, 7) is 0. The van der Waals surface area contributed by atoms with Gasteiger partial charge in [0, 0.05) is 38.9 Å². The number of rotatable bonds is 3. The first-order valence-corrected chi connectivity index (χ1v) is 5.11. The molecule has 0 aromatic heterocycles. The van der Waals surface area contributed by atoms with Crippen LogP contribution in [0.25, 0.3) is 0 Å². The third kappa shape index (κ3) is 5.21. The van der Waals surface area contributed by atoms with Gasteiger partial charge in [0.25, 0.3) is 0 Å². The zero-order chi connectivity index (χ0) is 8.10. The predicted octanol–water partition coefficient (Wildman–Crippen LogP) is 1.69. The third-order valence-electron chi connectivity index (χ3n) is 1.47. The van der Waals surface area contributed by atoms with Crippen LogP contribution in [-0.4, -0.2) is 11.1 Å². The topological polar surface area (TPSA) is 37.3 Å². The Morgan fingerprint density at radius 1 is 1.25 bits per heavy atom. The predicted molar refractivity (Wildman–Crippen MR) is 46.2 cm³/mol. The monoisotopic (exact) mass is 259 g/mol. The molecule has 12 heavy (non-hydrogen) atoms. The van der Waals surface area contributed by atoms with Gasteiger partial charge >= 0.3 is 0 Å². The Labute approximate surface area is 98.1 Å². The van der Waals surface area contributed by atoms with Crippen LogP contribution in [0.5, 0.6) is 0 Å². The van der Waals surface area contributed by atoms with Gasteiger partial charge in [-0.2, -0.15) is 0 Å². The van der Waals surface area contributed by atoms with Gasteiger partial charge < -0.3 is 4.89 Å². The molecule has 0 aliphatic heterocycles. The average molecular weight is 259 g/mol. The largest absolute Gasteiger partial charge is 0.346 e. The molecule has 0 fully saturated rings. The molecule has 1 aromatic carbocycles. The van der Waals surface area contributed by atoms with Gasteiger partial charge in [-0.25, -0.2) is 0 Å². The minimum Gasteiger partial charge on any atom is -0.346 e. The fraction of sp³-hybridized carbons (Fsp3) is 0.250. The van der Waals surface area contributed by atoms with E-state index in [1.807, 2.05) is 30.3 Å². The van der Waals surface area contributed by atoms with Crippen molar-refractivity contribution in [3.63, 3.8) is 0 Å². The van der Waals surface area contributed by atoms with Crippen LogP contribution in [0, 0.1) is 0 Å². The van der Waals surface area contributed by atoms with E-state index in [1.54, 1.807) is 0 Å². The molecule has 0 aliphatic carbocycles. The molecule has 0 amide bonds. The molecule has 1 radical (unpaired) electrons. The molecule has 63 valence electrons. The molecule has 0 saturated carbocycles. The normalized spacial score (nSPS) is 11.8. The summed E-state index contributed by atoms with van der Waals surface area (Å²) in [7, 11) is -2.28. The van der Waals surface area contributed by atoms with E-state index < -0.39 is 8.03 Å². The summed E-state index contributed by atoms with van der Waals surface area (Å²) in [4.78, 5) is 8.56. The molecule has 1 rings (SSSR count). The van der Waals surface area contributed by atoms with Crippen LogP contribution >= 0.6 is 8.03 Å². The second-order valence-electron chi connectivity index (χ2n) is 2.38. The van der Waals surface area contributed by atoms with Crippen LogP contribution < -0.4 is 0 Å². The maximum absolute atomic E-state index is 10.4. The summed E-state index contributed by atoms with van der Waals surface area (Å²) >= 11 is 0. The van der Waals surface area contributed by atoms with E-state index in [9.17, 15) is 4.57 Å². The van der Waals surface area contributed by atoms with Crippen molar-refractivity contribution >= 4 is 8.03 Å². The molecular formula is C8H11O2PY. The molecule has 1 unspecified atom stereocenters. The second-order valence-corrected chi connectivity index (χ2v) is 3.67. The van der Waals surface area contributed by atoms with E-state index in [4.69, 9.17) is 4.89 Å². The Balaban J connectivity index is 0.00000121. The molecule has 2 nitrogen and oxygen atoms in total. The molecule has 0 spiro atoms. The van der Waals surface area contributed by atoms with E-state index in [1.165, 1.54) is 0 Å². The number of benzene rings is 1. The fourth-order valence-electron chi connectivity index (χ4n) is 0.896. The molecule has 1 N–H and O–H groups in total. The van der Waals surface area contributed by atoms with Crippen molar-refractivity contribution in [3.05, 3.63) is 35.9 Å². The van der Waals surface area contributed by atoms with Gasteiger partial charge in [-0.15, -0.1) is 0 Å². The summed E-state index contributed by atoms with van der Waals surface area (Å²) in [5, 5.41) is 0. The Kier molecular flexibility index (Phi) is 7.27. The first-order chi connectivity index (χ1) is 5.29. The van der Waals surface area contributed by atoms with Crippen LogP contribution in [0.3, 0.4) is 0 Å². The summed E-state index contributed by atoms with van der Waals surface area (Å²) in [5.41, 5.74) is 1.12. The fourth-order valence-corrected chi connectivity index (χ4v) is 1.40. The van der Waals surface area contributed by atoms with E-state index in [0.29, 0.717) is 12.6 Å². The van der Waals surface area contributed by atoms with Gasteiger partial charge in [-0.1, -0.05) is 30.3 Å². The number of aryl methyl sites for hydroxylation is 1. The Bertz CT molecular complexity index is 238. The van der Waals surface area contributed by atoms with Crippen LogP contribution in [0.15, 0.2) is 30.3 Å². The average Bonchev–Trinajstić information content (AvgIpc) is 2.03. The van der Waals surface area contributed by atoms with Gasteiger partial charge in [0.15, 0.2) is 8.03 Å². The molecule has 1 aromatic rings. The van der Waals surface area contributed by atoms with Gasteiger partial charge in [0.05, 0.1) is 0 Å². The van der Waals surface area contributed by atoms with Crippen LogP contribution in [-0.2, 0) is 43.7 Å². The molecule has 1 atom stereocenters. The van der Waals surface area contributed by atoms with Crippen molar-refractivity contribution in [1.82, 2.24) is 0 Å². The van der Waals surface area contributed by atoms with Crippen molar-refractivity contribution in [1.29, 1.82) is 0 Å². The molecule has 0 aliphatic rings. The standard InChI is InChI=1S/C8H11O2P.Y/c9-11(10)7-6-8-4-2-1-3-5-8;/h1-5,11H,6-7H2,(H,9,10);. The smallest absolute Gasteiger partial charge is 0.189 e. The minimum absolute atomic E-state index is 0. The van der Waals surface area contributed by atoms with Crippen LogP contribution in [0.1, 0.15) is 5.56 Å². The van der Waals surface area contributed by atoms with E-state index in [0.717, 1.165) is 5.56 Å². The van der Waals surface area contributed by atoms with Gasteiger partial charge in [-0.05, 0) is 12.0 Å². The third-order valence-corrected chi connectivity index (χ3v) is 2.15. The van der Waals surface area contributed by atoms with E-state index in [-0.39, 0.29) is 32.7 Å². The Morgan fingerprint density at radius 3 is 2.33 bits per heavy atom. The quantitative estimate of drug-likeness (QED) is 0.839. The van der Waals surface area contributed by atoms with Crippen molar-refractivity contribution in [2.75, 3.05) is 6.16 Å². The molecule has 0 bridgehead atoms. The number of hydrogen-bond acceptors (Lipinski definition) is 1. The summed E-state index contributed by atoms with van der Waals surface area (Å²) in [5.74, 6) is 0. The van der Waals surface area contributed by atoms with E-state index in [2.05, 4.69) is 0 Å². The van der Waals surface area contributed by atoms with Gasteiger partial charge in [0.2, 0.25) is 0 Å². The maximum Gasteiger partial charge on any atom is 0.189 e. The van der Waals surface area contributed by atoms with Gasteiger partial charge in [0.1, 0.15) is 0 Å². The first kappa shape index (κ1) is 12.5. The Morgan fingerprint density at radius 2 is 1.83 bits per heavy atom. The Hall–Kier alpha value is 0.514. The summed E-state index contributed by atoms with van der Waals surface area (Å²) in [6.07, 6.45) is 1.10. The SMILES string of the molecule is O=[PH](O)CCc1ccccc1.[Y]. The molecular weight excluding hydrogens is 248 g/mol. The van der Waals surface area contributed by atoms with Crippen molar-refractivity contribution in [2.24, 2.45) is 0 Å². The minimum atomic E-state index is -2.28. The summed E-state index contributed by atoms with van der Waals surface area (Å²) < 4.78 is 10.4. The zero-order valence-electron chi connectivity index (χ0n) is 6.73. The summed E-state index contributed by atoms with van der Waals surface area (Å²) in [6, 6.07) is 9.73. The molecule has 0 heterocycles. The van der Waals surface area contributed by atoms with Crippen LogP contribution in [0.4, 0.5) is 0 Å². The second kappa shape index (κ2) is 6.97. The molecule has 4 heteroatoms. The van der Waals surface area contributed by atoms with E-state index >= 15 is 0 Å². The maximum atomic E-state index is 10.4. The van der Waals surface area contributed by atoms with Crippen molar-refractivity contribution in [3.8, 4) is 0 Å². The van der Waals surface area contributed by atoms with Gasteiger partial charge in [-0.3, -0.25) is 4.57 Å². The number of hydrogen-bond donors (Lipinski definition) is 1. The molecule has 0 saturated heterocycles. The first-order valence-electron chi connectivity index (χ1n) is 3.55. The van der Waals surface area contributed by atoms with Crippen LogP contribution in [0.2, 0.25) is 0 Å². The zero-order valence-corrected chi connectivity index (χ0v) is 10.6.